The van der Waals surface area contributed by atoms with Crippen LogP contribution in [0, 0.1) is 5.41 Å². The monoisotopic (exact) mass is 311 g/mol. The number of H-pyrrole nitrogens is 2. The van der Waals surface area contributed by atoms with Crippen molar-refractivity contribution in [3.05, 3.63) is 27.1 Å². The van der Waals surface area contributed by atoms with E-state index in [4.69, 9.17) is 0 Å². The first kappa shape index (κ1) is 12.9. The zero-order valence-electron chi connectivity index (χ0n) is 10.3. The second-order valence-corrected chi connectivity index (χ2v) is 6.02. The van der Waals surface area contributed by atoms with Gasteiger partial charge in [-0.3, -0.25) is 4.79 Å². The Morgan fingerprint density at radius 3 is 2.33 bits per heavy atom. The number of rotatable bonds is 1. The standard InChI is InChI=1S/C12H14BrN3O2/c1-12(2,3)10(17)14-7-5-9-8(4-6(7)13)15-11(18)16-9/h4-5H,1-3H3,(H,14,17)(H2,15,16,18). The van der Waals surface area contributed by atoms with Crippen molar-refractivity contribution in [1.82, 2.24) is 9.97 Å². The highest BCUT2D eigenvalue weighted by Gasteiger charge is 2.22. The molecule has 0 aliphatic rings. The largest absolute Gasteiger partial charge is 0.325 e. The lowest BCUT2D eigenvalue weighted by atomic mass is 9.95. The van der Waals surface area contributed by atoms with E-state index in [-0.39, 0.29) is 11.6 Å². The molecule has 0 unspecified atom stereocenters. The fourth-order valence-corrected chi connectivity index (χ4v) is 1.90. The van der Waals surface area contributed by atoms with E-state index in [2.05, 4.69) is 31.2 Å². The van der Waals surface area contributed by atoms with E-state index in [1.807, 2.05) is 20.8 Å². The van der Waals surface area contributed by atoms with Gasteiger partial charge in [0.25, 0.3) is 0 Å². The van der Waals surface area contributed by atoms with E-state index in [0.29, 0.717) is 16.7 Å². The van der Waals surface area contributed by atoms with Gasteiger partial charge in [-0.1, -0.05) is 20.8 Å². The lowest BCUT2D eigenvalue weighted by Gasteiger charge is -2.18. The van der Waals surface area contributed by atoms with E-state index in [1.54, 1.807) is 12.1 Å². The molecular formula is C12H14BrN3O2. The molecule has 96 valence electrons. The van der Waals surface area contributed by atoms with Gasteiger partial charge in [-0.15, -0.1) is 0 Å². The molecule has 0 bridgehead atoms. The van der Waals surface area contributed by atoms with Gasteiger partial charge in [0, 0.05) is 9.89 Å². The fraction of sp³-hybridized carbons (Fsp3) is 0.333. The second kappa shape index (κ2) is 4.28. The third-order valence-electron chi connectivity index (χ3n) is 2.53. The zero-order chi connectivity index (χ0) is 13.5. The summed E-state index contributed by atoms with van der Waals surface area (Å²) in [6.07, 6.45) is 0. The molecule has 0 aliphatic carbocycles. The highest BCUT2D eigenvalue weighted by atomic mass is 79.9. The van der Waals surface area contributed by atoms with Gasteiger partial charge in [0.2, 0.25) is 5.91 Å². The number of benzene rings is 1. The highest BCUT2D eigenvalue weighted by Crippen LogP contribution is 2.28. The normalized spacial score (nSPS) is 11.8. The molecule has 0 aliphatic heterocycles. The predicted molar refractivity (Wildman–Crippen MR) is 74.7 cm³/mol. The lowest BCUT2D eigenvalue weighted by Crippen LogP contribution is -2.27. The first-order chi connectivity index (χ1) is 8.27. The Morgan fingerprint density at radius 1 is 1.22 bits per heavy atom. The molecule has 2 rings (SSSR count). The second-order valence-electron chi connectivity index (χ2n) is 5.16. The van der Waals surface area contributed by atoms with Crippen molar-refractivity contribution >= 4 is 38.6 Å². The molecule has 1 heterocycles. The van der Waals surface area contributed by atoms with Crippen molar-refractivity contribution in [2.75, 3.05) is 5.32 Å². The van der Waals surface area contributed by atoms with Crippen molar-refractivity contribution in [2.24, 2.45) is 5.41 Å². The number of carbonyl (C=O) groups excluding carboxylic acids is 1. The maximum atomic E-state index is 11.9. The summed E-state index contributed by atoms with van der Waals surface area (Å²) in [7, 11) is 0. The van der Waals surface area contributed by atoms with Crippen LogP contribution in [0.15, 0.2) is 21.4 Å². The van der Waals surface area contributed by atoms with Crippen LogP contribution in [0.25, 0.3) is 11.0 Å². The molecule has 1 aromatic carbocycles. The van der Waals surface area contributed by atoms with E-state index < -0.39 is 5.41 Å². The Labute approximate surface area is 112 Å². The SMILES string of the molecule is CC(C)(C)C(=O)Nc1cc2[nH]c(=O)[nH]c2cc1Br. The van der Waals surface area contributed by atoms with Gasteiger partial charge in [-0.2, -0.15) is 0 Å². The van der Waals surface area contributed by atoms with Crippen molar-refractivity contribution in [2.45, 2.75) is 20.8 Å². The van der Waals surface area contributed by atoms with Gasteiger partial charge in [-0.25, -0.2) is 4.79 Å². The van der Waals surface area contributed by atoms with E-state index in [9.17, 15) is 9.59 Å². The van der Waals surface area contributed by atoms with Crippen LogP contribution in [0.2, 0.25) is 0 Å². The quantitative estimate of drug-likeness (QED) is 0.757. The summed E-state index contributed by atoms with van der Waals surface area (Å²) < 4.78 is 0.725. The third-order valence-corrected chi connectivity index (χ3v) is 3.19. The minimum atomic E-state index is -0.472. The molecule has 18 heavy (non-hydrogen) atoms. The number of carbonyl (C=O) groups is 1. The highest BCUT2D eigenvalue weighted by molar-refractivity contribution is 9.10. The van der Waals surface area contributed by atoms with Crippen molar-refractivity contribution in [1.29, 1.82) is 0 Å². The topological polar surface area (TPSA) is 77.8 Å². The molecule has 0 atom stereocenters. The number of anilines is 1. The number of imidazole rings is 1. The average Bonchev–Trinajstić information content (AvgIpc) is 2.56. The Morgan fingerprint density at radius 2 is 1.78 bits per heavy atom. The Bertz CT molecular complexity index is 664. The number of hydrogen-bond donors (Lipinski definition) is 3. The summed E-state index contributed by atoms with van der Waals surface area (Å²) >= 11 is 3.37. The number of amides is 1. The number of halogens is 1. The summed E-state index contributed by atoms with van der Waals surface area (Å²) in [6.45, 7) is 5.52. The zero-order valence-corrected chi connectivity index (χ0v) is 11.9. The van der Waals surface area contributed by atoms with Crippen LogP contribution in [0.5, 0.6) is 0 Å². The average molecular weight is 312 g/mol. The summed E-state index contributed by atoms with van der Waals surface area (Å²) in [4.78, 5) is 28.4. The molecule has 1 aromatic heterocycles. The molecule has 0 fully saturated rings. The molecular weight excluding hydrogens is 298 g/mol. The van der Waals surface area contributed by atoms with Crippen LogP contribution in [-0.2, 0) is 4.79 Å². The first-order valence-electron chi connectivity index (χ1n) is 5.50. The number of aromatic amines is 2. The van der Waals surface area contributed by atoms with Gasteiger partial charge < -0.3 is 15.3 Å². The molecule has 5 nitrogen and oxygen atoms in total. The molecule has 0 radical (unpaired) electrons. The Balaban J connectivity index is 2.42. The lowest BCUT2D eigenvalue weighted by molar-refractivity contribution is -0.123. The molecule has 2 aromatic rings. The van der Waals surface area contributed by atoms with Crippen molar-refractivity contribution in [3.8, 4) is 0 Å². The van der Waals surface area contributed by atoms with Gasteiger partial charge in [0.15, 0.2) is 0 Å². The van der Waals surface area contributed by atoms with Crippen molar-refractivity contribution < 1.29 is 4.79 Å². The maximum absolute atomic E-state index is 11.9. The van der Waals surface area contributed by atoms with Gasteiger partial charge >= 0.3 is 5.69 Å². The van der Waals surface area contributed by atoms with Gasteiger partial charge in [0.05, 0.1) is 16.7 Å². The molecule has 6 heteroatoms. The summed E-state index contributed by atoms with van der Waals surface area (Å²) in [5.41, 5.74) is 1.25. The maximum Gasteiger partial charge on any atom is 0.323 e. The minimum Gasteiger partial charge on any atom is -0.325 e. The molecule has 0 saturated heterocycles. The molecule has 3 N–H and O–H groups in total. The number of nitrogens with one attached hydrogen (secondary N) is 3. The van der Waals surface area contributed by atoms with E-state index in [0.717, 1.165) is 4.47 Å². The van der Waals surface area contributed by atoms with Crippen LogP contribution >= 0.6 is 15.9 Å². The van der Waals surface area contributed by atoms with Crippen LogP contribution in [-0.4, -0.2) is 15.9 Å². The van der Waals surface area contributed by atoms with E-state index >= 15 is 0 Å². The van der Waals surface area contributed by atoms with Crippen LogP contribution in [0.3, 0.4) is 0 Å². The minimum absolute atomic E-state index is 0.0829. The first-order valence-corrected chi connectivity index (χ1v) is 6.29. The van der Waals surface area contributed by atoms with Crippen LogP contribution < -0.4 is 11.0 Å². The molecule has 1 amide bonds. The smallest absolute Gasteiger partial charge is 0.323 e. The van der Waals surface area contributed by atoms with Crippen molar-refractivity contribution in [3.63, 3.8) is 0 Å². The number of aromatic nitrogens is 2. The third kappa shape index (κ3) is 2.48. The van der Waals surface area contributed by atoms with Gasteiger partial charge in [-0.05, 0) is 28.1 Å². The predicted octanol–water partition coefficient (Wildman–Crippen LogP) is 2.60. The fourth-order valence-electron chi connectivity index (χ4n) is 1.46. The Hall–Kier alpha value is -1.56. The number of hydrogen-bond acceptors (Lipinski definition) is 2. The van der Waals surface area contributed by atoms with E-state index in [1.165, 1.54) is 0 Å². The van der Waals surface area contributed by atoms with Gasteiger partial charge in [0.1, 0.15) is 0 Å². The number of fused-ring (bicyclic) bond motifs is 1. The Kier molecular flexibility index (Phi) is 3.06. The molecule has 0 saturated carbocycles. The van der Waals surface area contributed by atoms with Crippen LogP contribution in [0.4, 0.5) is 5.69 Å². The summed E-state index contributed by atoms with van der Waals surface area (Å²) in [6, 6.07) is 3.48. The molecule has 0 spiro atoms. The van der Waals surface area contributed by atoms with Crippen LogP contribution in [0.1, 0.15) is 20.8 Å². The summed E-state index contributed by atoms with van der Waals surface area (Å²) in [5, 5.41) is 2.83. The summed E-state index contributed by atoms with van der Waals surface area (Å²) in [5.74, 6) is -0.0829.